The molecule has 0 saturated carbocycles. The van der Waals surface area contributed by atoms with Gasteiger partial charge in [0.2, 0.25) is 0 Å². The molecule has 1 heterocycles. The van der Waals surface area contributed by atoms with Crippen molar-refractivity contribution in [3.8, 4) is 0 Å². The summed E-state index contributed by atoms with van der Waals surface area (Å²) < 4.78 is 5.39. The van der Waals surface area contributed by atoms with Crippen molar-refractivity contribution in [3.63, 3.8) is 0 Å². The van der Waals surface area contributed by atoms with Crippen molar-refractivity contribution in [2.75, 3.05) is 33.4 Å². The first-order chi connectivity index (χ1) is 10.1. The fourth-order valence-electron chi connectivity index (χ4n) is 3.03. The third-order valence-electron chi connectivity index (χ3n) is 4.65. The average Bonchev–Trinajstić information content (AvgIpc) is 2.51. The number of nitrogens with zero attached hydrogens (tertiary/aromatic N) is 1. The molecule has 1 fully saturated rings. The van der Waals surface area contributed by atoms with Gasteiger partial charge in [0, 0.05) is 19.3 Å². The molecule has 0 amide bonds. The molecule has 0 aliphatic carbocycles. The zero-order valence-electron chi connectivity index (χ0n) is 13.9. The summed E-state index contributed by atoms with van der Waals surface area (Å²) in [6.45, 7) is 7.43. The second-order valence-electron chi connectivity index (χ2n) is 6.10. The Hall–Kier alpha value is -0.650. The van der Waals surface area contributed by atoms with E-state index in [-0.39, 0.29) is 0 Å². The zero-order valence-corrected chi connectivity index (χ0v) is 13.9. The molecule has 5 nitrogen and oxygen atoms in total. The van der Waals surface area contributed by atoms with E-state index < -0.39 is 11.5 Å². The van der Waals surface area contributed by atoms with E-state index in [0.717, 1.165) is 52.0 Å². The first-order valence-electron chi connectivity index (χ1n) is 8.32. The Labute approximate surface area is 129 Å². The largest absolute Gasteiger partial charge is 0.480 e. The monoisotopic (exact) mass is 300 g/mol. The topological polar surface area (TPSA) is 61.8 Å². The number of ether oxygens (including phenoxy) is 1. The van der Waals surface area contributed by atoms with E-state index >= 15 is 0 Å². The smallest absolute Gasteiger partial charge is 0.323 e. The maximum atomic E-state index is 11.6. The van der Waals surface area contributed by atoms with E-state index in [2.05, 4.69) is 24.2 Å². The molecule has 0 radical (unpaired) electrons. The lowest BCUT2D eigenvalue weighted by molar-refractivity contribution is -0.145. The lowest BCUT2D eigenvalue weighted by Gasteiger charge is -2.33. The van der Waals surface area contributed by atoms with Gasteiger partial charge in [0.25, 0.3) is 0 Å². The Morgan fingerprint density at radius 3 is 2.57 bits per heavy atom. The SMILES string of the molecule is CCCNC(CC)(CCCN(C)C1CCOCC1)C(=O)O. The molecule has 1 aliphatic heterocycles. The van der Waals surface area contributed by atoms with E-state index in [4.69, 9.17) is 4.74 Å². The van der Waals surface area contributed by atoms with Crippen LogP contribution in [-0.4, -0.2) is 60.9 Å². The molecule has 0 aromatic rings. The molecule has 1 saturated heterocycles. The number of nitrogens with one attached hydrogen (secondary N) is 1. The van der Waals surface area contributed by atoms with Crippen LogP contribution in [0.3, 0.4) is 0 Å². The van der Waals surface area contributed by atoms with Gasteiger partial charge in [-0.15, -0.1) is 0 Å². The summed E-state index contributed by atoms with van der Waals surface area (Å²) in [6, 6.07) is 0.586. The number of carboxylic acid groups (broad SMARTS) is 1. The first kappa shape index (κ1) is 18.4. The van der Waals surface area contributed by atoms with Gasteiger partial charge < -0.3 is 20.1 Å². The Morgan fingerprint density at radius 2 is 2.05 bits per heavy atom. The van der Waals surface area contributed by atoms with Crippen molar-refractivity contribution >= 4 is 5.97 Å². The normalized spacial score (nSPS) is 19.6. The number of carbonyl (C=O) groups is 1. The van der Waals surface area contributed by atoms with E-state index in [0.29, 0.717) is 18.9 Å². The lowest BCUT2D eigenvalue weighted by atomic mass is 9.90. The van der Waals surface area contributed by atoms with Crippen LogP contribution in [0.4, 0.5) is 0 Å². The standard InChI is InChI=1S/C16H32N2O3/c1-4-10-17-16(5-2,15(19)20)9-6-11-18(3)14-7-12-21-13-8-14/h14,17H,4-13H2,1-3H3,(H,19,20). The highest BCUT2D eigenvalue weighted by Gasteiger charge is 2.35. The third kappa shape index (κ3) is 5.57. The molecule has 1 unspecified atom stereocenters. The lowest BCUT2D eigenvalue weighted by Crippen LogP contribution is -2.52. The maximum absolute atomic E-state index is 11.6. The summed E-state index contributed by atoms with van der Waals surface area (Å²) in [5, 5.41) is 12.8. The molecule has 1 aliphatic rings. The first-order valence-corrected chi connectivity index (χ1v) is 8.32. The molecule has 0 bridgehead atoms. The van der Waals surface area contributed by atoms with Gasteiger partial charge in [0.1, 0.15) is 5.54 Å². The molecule has 0 aromatic heterocycles. The third-order valence-corrected chi connectivity index (χ3v) is 4.65. The van der Waals surface area contributed by atoms with Crippen LogP contribution < -0.4 is 5.32 Å². The van der Waals surface area contributed by atoms with Crippen LogP contribution in [0.15, 0.2) is 0 Å². The van der Waals surface area contributed by atoms with Gasteiger partial charge in [-0.1, -0.05) is 13.8 Å². The van der Waals surface area contributed by atoms with Gasteiger partial charge in [0.05, 0.1) is 0 Å². The molecule has 2 N–H and O–H groups in total. The average molecular weight is 300 g/mol. The van der Waals surface area contributed by atoms with Crippen molar-refractivity contribution in [1.29, 1.82) is 0 Å². The fourth-order valence-corrected chi connectivity index (χ4v) is 3.03. The summed E-state index contributed by atoms with van der Waals surface area (Å²) >= 11 is 0. The molecule has 1 atom stereocenters. The molecule has 1 rings (SSSR count). The van der Waals surface area contributed by atoms with Crippen LogP contribution in [0.5, 0.6) is 0 Å². The van der Waals surface area contributed by atoms with Crippen LogP contribution >= 0.6 is 0 Å². The number of aliphatic carboxylic acids is 1. The van der Waals surface area contributed by atoms with Crippen LogP contribution in [0, 0.1) is 0 Å². The summed E-state index contributed by atoms with van der Waals surface area (Å²) in [5.74, 6) is -0.716. The summed E-state index contributed by atoms with van der Waals surface area (Å²) in [7, 11) is 2.14. The predicted octanol–water partition coefficient (Wildman–Crippen LogP) is 2.11. The summed E-state index contributed by atoms with van der Waals surface area (Å²) in [4.78, 5) is 14.0. The Morgan fingerprint density at radius 1 is 1.38 bits per heavy atom. The number of hydrogen-bond acceptors (Lipinski definition) is 4. The predicted molar refractivity (Wildman–Crippen MR) is 84.7 cm³/mol. The fraction of sp³-hybridized carbons (Fsp3) is 0.938. The molecule has 124 valence electrons. The summed E-state index contributed by atoms with van der Waals surface area (Å²) in [5.41, 5.74) is -0.757. The molecule has 21 heavy (non-hydrogen) atoms. The van der Waals surface area contributed by atoms with Gasteiger partial charge in [-0.3, -0.25) is 4.79 Å². The molecular formula is C16H32N2O3. The molecule has 5 heteroatoms. The Kier molecular flexibility index (Phi) is 8.22. The zero-order chi connectivity index (χ0) is 15.7. The quantitative estimate of drug-likeness (QED) is 0.647. The van der Waals surface area contributed by atoms with Crippen LogP contribution in [0.1, 0.15) is 52.4 Å². The van der Waals surface area contributed by atoms with Crippen molar-refractivity contribution in [2.24, 2.45) is 0 Å². The second-order valence-corrected chi connectivity index (χ2v) is 6.10. The Bertz CT molecular complexity index is 306. The van der Waals surface area contributed by atoms with Crippen molar-refractivity contribution in [3.05, 3.63) is 0 Å². The minimum atomic E-state index is -0.757. The van der Waals surface area contributed by atoms with Crippen molar-refractivity contribution < 1.29 is 14.6 Å². The van der Waals surface area contributed by atoms with E-state index in [1.54, 1.807) is 0 Å². The molecule has 0 aromatic carbocycles. The Balaban J connectivity index is 2.42. The van der Waals surface area contributed by atoms with E-state index in [1.807, 2.05) is 6.92 Å². The minimum Gasteiger partial charge on any atom is -0.480 e. The van der Waals surface area contributed by atoms with Crippen molar-refractivity contribution in [1.82, 2.24) is 10.2 Å². The number of rotatable bonds is 10. The van der Waals surface area contributed by atoms with Crippen LogP contribution in [0.25, 0.3) is 0 Å². The number of carboxylic acids is 1. The highest BCUT2D eigenvalue weighted by Crippen LogP contribution is 2.20. The van der Waals surface area contributed by atoms with E-state index in [1.165, 1.54) is 0 Å². The maximum Gasteiger partial charge on any atom is 0.323 e. The molecule has 0 spiro atoms. The van der Waals surface area contributed by atoms with Crippen LogP contribution in [-0.2, 0) is 9.53 Å². The highest BCUT2D eigenvalue weighted by molar-refractivity contribution is 5.78. The minimum absolute atomic E-state index is 0.586. The number of hydrogen-bond donors (Lipinski definition) is 2. The van der Waals surface area contributed by atoms with Gasteiger partial charge in [-0.2, -0.15) is 0 Å². The van der Waals surface area contributed by atoms with Gasteiger partial charge >= 0.3 is 5.97 Å². The van der Waals surface area contributed by atoms with E-state index in [9.17, 15) is 9.90 Å². The van der Waals surface area contributed by atoms with Gasteiger partial charge in [-0.25, -0.2) is 0 Å². The molecular weight excluding hydrogens is 268 g/mol. The van der Waals surface area contributed by atoms with Crippen LogP contribution in [0.2, 0.25) is 0 Å². The van der Waals surface area contributed by atoms with Gasteiger partial charge in [0.15, 0.2) is 0 Å². The van der Waals surface area contributed by atoms with Gasteiger partial charge in [-0.05, 0) is 58.7 Å². The van der Waals surface area contributed by atoms with Crippen molar-refractivity contribution in [2.45, 2.75) is 64.0 Å². The summed E-state index contributed by atoms with van der Waals surface area (Å²) in [6.07, 6.45) is 5.35. The highest BCUT2D eigenvalue weighted by atomic mass is 16.5. The second kappa shape index (κ2) is 9.38.